The zero-order chi connectivity index (χ0) is 21.7. The summed E-state index contributed by atoms with van der Waals surface area (Å²) in [5, 5.41) is 2.95. The van der Waals surface area contributed by atoms with Gasteiger partial charge in [-0.05, 0) is 73.7 Å². The van der Waals surface area contributed by atoms with Crippen LogP contribution in [0.3, 0.4) is 0 Å². The van der Waals surface area contributed by atoms with Crippen molar-refractivity contribution in [2.45, 2.75) is 32.7 Å². The average Bonchev–Trinajstić information content (AvgIpc) is 2.79. The van der Waals surface area contributed by atoms with Crippen molar-refractivity contribution in [1.82, 2.24) is 20.2 Å². The molecular weight excluding hydrogens is 384 g/mol. The molecule has 0 bridgehead atoms. The zero-order valence-corrected chi connectivity index (χ0v) is 18.3. The standard InChI is InChI=1S/C26H30N4O/c1-20-6-3-9-24(29-20)18-30-15-5-12-26(19-30,25(31)27-2)17-21-7-4-8-23(16-21)22-10-13-28-14-11-22/h3-4,6-11,13-14,16H,5,12,15,17-19H2,1-2H3,(H,27,31). The SMILES string of the molecule is CNC(=O)C1(Cc2cccc(-c3ccncc3)c2)CCCN(Cc2cccc(C)n2)C1. The number of hydrogen-bond donors (Lipinski definition) is 1. The minimum Gasteiger partial charge on any atom is -0.359 e. The first kappa shape index (κ1) is 21.2. The Morgan fingerprint density at radius 3 is 2.68 bits per heavy atom. The number of hydrogen-bond acceptors (Lipinski definition) is 4. The van der Waals surface area contributed by atoms with Crippen molar-refractivity contribution < 1.29 is 4.79 Å². The van der Waals surface area contributed by atoms with E-state index in [9.17, 15) is 4.79 Å². The lowest BCUT2D eigenvalue weighted by Crippen LogP contribution is -2.52. The van der Waals surface area contributed by atoms with Crippen molar-refractivity contribution in [2.75, 3.05) is 20.1 Å². The first-order valence-corrected chi connectivity index (χ1v) is 10.9. The Morgan fingerprint density at radius 1 is 1.10 bits per heavy atom. The molecular formula is C26H30N4O. The van der Waals surface area contributed by atoms with E-state index in [1.54, 1.807) is 7.05 Å². The van der Waals surface area contributed by atoms with E-state index in [2.05, 4.69) is 56.6 Å². The van der Waals surface area contributed by atoms with Crippen LogP contribution >= 0.6 is 0 Å². The topological polar surface area (TPSA) is 58.1 Å². The Kier molecular flexibility index (Phi) is 6.42. The van der Waals surface area contributed by atoms with Gasteiger partial charge in [0.05, 0.1) is 11.1 Å². The Hall–Kier alpha value is -3.05. The van der Waals surface area contributed by atoms with Gasteiger partial charge in [0.15, 0.2) is 0 Å². The highest BCUT2D eigenvalue weighted by Gasteiger charge is 2.41. The highest BCUT2D eigenvalue weighted by molar-refractivity contribution is 5.83. The van der Waals surface area contributed by atoms with Gasteiger partial charge in [-0.3, -0.25) is 19.7 Å². The van der Waals surface area contributed by atoms with Gasteiger partial charge in [-0.2, -0.15) is 0 Å². The summed E-state index contributed by atoms with van der Waals surface area (Å²) < 4.78 is 0. The summed E-state index contributed by atoms with van der Waals surface area (Å²) in [7, 11) is 1.75. The van der Waals surface area contributed by atoms with Gasteiger partial charge in [0.25, 0.3) is 0 Å². The number of carbonyl (C=O) groups excluding carboxylic acids is 1. The molecule has 5 nitrogen and oxygen atoms in total. The van der Waals surface area contributed by atoms with E-state index in [-0.39, 0.29) is 5.91 Å². The number of likely N-dealkylation sites (tertiary alicyclic amines) is 1. The molecule has 2 aromatic heterocycles. The molecule has 1 N–H and O–H groups in total. The monoisotopic (exact) mass is 414 g/mol. The third-order valence-electron chi connectivity index (χ3n) is 6.18. The molecule has 160 valence electrons. The molecule has 1 aromatic carbocycles. The second-order valence-electron chi connectivity index (χ2n) is 8.56. The molecule has 0 spiro atoms. The lowest BCUT2D eigenvalue weighted by atomic mass is 9.74. The minimum absolute atomic E-state index is 0.128. The number of aromatic nitrogens is 2. The molecule has 1 fully saturated rings. The van der Waals surface area contributed by atoms with Crippen molar-refractivity contribution in [2.24, 2.45) is 5.41 Å². The lowest BCUT2D eigenvalue weighted by Gasteiger charge is -2.41. The molecule has 1 amide bonds. The zero-order valence-electron chi connectivity index (χ0n) is 18.3. The summed E-state index contributed by atoms with van der Waals surface area (Å²) in [6.07, 6.45) is 6.25. The van der Waals surface area contributed by atoms with Crippen LogP contribution in [0.2, 0.25) is 0 Å². The van der Waals surface area contributed by atoms with Crippen LogP contribution in [0.5, 0.6) is 0 Å². The molecule has 31 heavy (non-hydrogen) atoms. The van der Waals surface area contributed by atoms with E-state index in [4.69, 9.17) is 0 Å². The van der Waals surface area contributed by atoms with Gasteiger partial charge >= 0.3 is 0 Å². The van der Waals surface area contributed by atoms with Gasteiger partial charge in [-0.25, -0.2) is 0 Å². The minimum atomic E-state index is -0.437. The molecule has 1 atom stereocenters. The number of rotatable bonds is 6. The number of nitrogens with zero attached hydrogens (tertiary/aromatic N) is 3. The van der Waals surface area contributed by atoms with Crippen LogP contribution in [0.1, 0.15) is 29.8 Å². The second-order valence-corrected chi connectivity index (χ2v) is 8.56. The fraction of sp³-hybridized carbons (Fsp3) is 0.346. The summed E-state index contributed by atoms with van der Waals surface area (Å²) >= 11 is 0. The van der Waals surface area contributed by atoms with E-state index >= 15 is 0 Å². The van der Waals surface area contributed by atoms with Gasteiger partial charge in [0.1, 0.15) is 0 Å². The molecule has 0 aliphatic carbocycles. The predicted octanol–water partition coefficient (Wildman–Crippen LogP) is 4.02. The third-order valence-corrected chi connectivity index (χ3v) is 6.18. The Balaban J connectivity index is 1.57. The molecule has 1 saturated heterocycles. The summed E-state index contributed by atoms with van der Waals surface area (Å²) in [5.74, 6) is 0.128. The van der Waals surface area contributed by atoms with Gasteiger partial charge in [-0.15, -0.1) is 0 Å². The summed E-state index contributed by atoms with van der Waals surface area (Å²) in [6.45, 7) is 4.52. The third kappa shape index (κ3) is 5.00. The molecule has 1 aliphatic rings. The van der Waals surface area contributed by atoms with Gasteiger partial charge in [-0.1, -0.05) is 30.3 Å². The Labute approximate surface area is 184 Å². The van der Waals surface area contributed by atoms with Crippen molar-refractivity contribution in [3.63, 3.8) is 0 Å². The predicted molar refractivity (Wildman–Crippen MR) is 123 cm³/mol. The van der Waals surface area contributed by atoms with Gasteiger partial charge in [0, 0.05) is 38.2 Å². The van der Waals surface area contributed by atoms with Crippen LogP contribution in [0.15, 0.2) is 67.0 Å². The maximum atomic E-state index is 13.1. The number of aryl methyl sites for hydroxylation is 1. The van der Waals surface area contributed by atoms with Crippen LogP contribution in [-0.4, -0.2) is 40.9 Å². The molecule has 0 saturated carbocycles. The van der Waals surface area contributed by atoms with E-state index in [1.165, 1.54) is 5.56 Å². The maximum absolute atomic E-state index is 13.1. The summed E-state index contributed by atoms with van der Waals surface area (Å²) in [4.78, 5) is 24.3. The highest BCUT2D eigenvalue weighted by Crippen LogP contribution is 2.35. The first-order valence-electron chi connectivity index (χ1n) is 10.9. The van der Waals surface area contributed by atoms with Crippen molar-refractivity contribution in [1.29, 1.82) is 0 Å². The van der Waals surface area contributed by atoms with Crippen LogP contribution in [0, 0.1) is 12.3 Å². The van der Waals surface area contributed by atoms with Gasteiger partial charge in [0.2, 0.25) is 5.91 Å². The average molecular weight is 415 g/mol. The summed E-state index contributed by atoms with van der Waals surface area (Å²) in [5.41, 5.74) is 5.14. The number of nitrogens with one attached hydrogen (secondary N) is 1. The van der Waals surface area contributed by atoms with E-state index in [0.717, 1.165) is 61.4 Å². The lowest BCUT2D eigenvalue weighted by molar-refractivity contribution is -0.134. The first-order chi connectivity index (χ1) is 15.1. The van der Waals surface area contributed by atoms with E-state index in [1.807, 2.05) is 37.5 Å². The smallest absolute Gasteiger partial charge is 0.227 e. The van der Waals surface area contributed by atoms with Crippen molar-refractivity contribution in [3.05, 3.63) is 83.9 Å². The number of benzene rings is 1. The normalized spacial score (nSPS) is 19.2. The quantitative estimate of drug-likeness (QED) is 0.662. The van der Waals surface area contributed by atoms with Gasteiger partial charge < -0.3 is 5.32 Å². The molecule has 3 aromatic rings. The Bertz CT molecular complexity index is 1040. The van der Waals surface area contributed by atoms with E-state index in [0.29, 0.717) is 0 Å². The van der Waals surface area contributed by atoms with Crippen molar-refractivity contribution in [3.8, 4) is 11.1 Å². The maximum Gasteiger partial charge on any atom is 0.227 e. The number of carbonyl (C=O) groups is 1. The number of piperidine rings is 1. The van der Waals surface area contributed by atoms with Crippen molar-refractivity contribution >= 4 is 5.91 Å². The number of amides is 1. The van der Waals surface area contributed by atoms with Crippen LogP contribution in [0.25, 0.3) is 11.1 Å². The van der Waals surface area contributed by atoms with Crippen LogP contribution < -0.4 is 5.32 Å². The van der Waals surface area contributed by atoms with E-state index < -0.39 is 5.41 Å². The molecule has 1 unspecified atom stereocenters. The largest absolute Gasteiger partial charge is 0.359 e. The van der Waals surface area contributed by atoms with Crippen LogP contribution in [-0.2, 0) is 17.8 Å². The fourth-order valence-corrected chi connectivity index (χ4v) is 4.75. The summed E-state index contributed by atoms with van der Waals surface area (Å²) in [6, 6.07) is 18.7. The van der Waals surface area contributed by atoms with Crippen LogP contribution in [0.4, 0.5) is 0 Å². The molecule has 5 heteroatoms. The Morgan fingerprint density at radius 2 is 1.90 bits per heavy atom. The molecule has 3 heterocycles. The molecule has 0 radical (unpaired) electrons. The second kappa shape index (κ2) is 9.40. The number of pyridine rings is 2. The highest BCUT2D eigenvalue weighted by atomic mass is 16.2. The molecule has 4 rings (SSSR count). The molecule has 1 aliphatic heterocycles. The fourth-order valence-electron chi connectivity index (χ4n) is 4.75.